The summed E-state index contributed by atoms with van der Waals surface area (Å²) in [7, 11) is 0. The van der Waals surface area contributed by atoms with Crippen molar-refractivity contribution in [3.05, 3.63) is 90.7 Å². The third-order valence-corrected chi connectivity index (χ3v) is 7.64. The molecule has 0 amide bonds. The van der Waals surface area contributed by atoms with E-state index in [0.29, 0.717) is 35.1 Å². The summed E-state index contributed by atoms with van der Waals surface area (Å²) in [6.45, 7) is 7.24. The Balaban J connectivity index is 1.70. The van der Waals surface area contributed by atoms with Gasteiger partial charge in [-0.1, -0.05) is 17.7 Å². The van der Waals surface area contributed by atoms with Crippen molar-refractivity contribution in [2.45, 2.75) is 58.5 Å². The molecule has 1 aliphatic carbocycles. The predicted molar refractivity (Wildman–Crippen MR) is 135 cm³/mol. The summed E-state index contributed by atoms with van der Waals surface area (Å²) in [5.74, 6) is -1.41. The van der Waals surface area contributed by atoms with Gasteiger partial charge in [0.2, 0.25) is 0 Å². The van der Waals surface area contributed by atoms with Gasteiger partial charge in [0, 0.05) is 39.7 Å². The third kappa shape index (κ3) is 4.14. The van der Waals surface area contributed by atoms with Gasteiger partial charge < -0.3 is 14.5 Å². The molecule has 180 valence electrons. The number of Topliss-reactive ketones (excluding diaryl/α,β-unsaturated/α-hetero) is 1. The van der Waals surface area contributed by atoms with Crippen molar-refractivity contribution in [1.82, 2.24) is 5.32 Å². The summed E-state index contributed by atoms with van der Waals surface area (Å²) in [6.07, 6.45) is 2.00. The first-order chi connectivity index (χ1) is 16.7. The van der Waals surface area contributed by atoms with Crippen LogP contribution < -0.4 is 10.7 Å². The summed E-state index contributed by atoms with van der Waals surface area (Å²) >= 11 is 1.63. The quantitative estimate of drug-likeness (QED) is 0.489. The number of esters is 1. The van der Waals surface area contributed by atoms with Crippen LogP contribution in [-0.2, 0) is 14.3 Å². The van der Waals surface area contributed by atoms with E-state index in [1.807, 2.05) is 30.5 Å². The van der Waals surface area contributed by atoms with Gasteiger partial charge in [-0.05, 0) is 57.7 Å². The van der Waals surface area contributed by atoms with Gasteiger partial charge in [-0.2, -0.15) is 0 Å². The van der Waals surface area contributed by atoms with Crippen LogP contribution in [-0.4, -0.2) is 17.9 Å². The van der Waals surface area contributed by atoms with E-state index in [9.17, 15) is 14.4 Å². The standard InChI is InChI=1S/C28H27NO5S/c1-14(2)34-28(32)24-16(4)29-20-11-17(23-6-5-9-35-23)12-21(30)26(20)25(24)19-13-33-22-8-7-15(3)10-18(22)27(19)31/h5-10,13-14,17,25,29H,11-12H2,1-4H3/t17-,25-/m0/s1. The number of hydrogen-bond donors (Lipinski definition) is 1. The number of ether oxygens (including phenoxy) is 1. The number of thiophene rings is 1. The Morgan fingerprint density at radius 2 is 1.97 bits per heavy atom. The fraction of sp³-hybridized carbons (Fsp3) is 0.321. The number of aryl methyl sites for hydroxylation is 1. The molecule has 0 unspecified atom stereocenters. The largest absolute Gasteiger partial charge is 0.464 e. The molecule has 3 heterocycles. The second-order valence-corrected chi connectivity index (χ2v) is 10.5. The zero-order valence-electron chi connectivity index (χ0n) is 20.1. The highest BCUT2D eigenvalue weighted by atomic mass is 32.1. The second kappa shape index (κ2) is 8.96. The Morgan fingerprint density at radius 3 is 2.69 bits per heavy atom. The topological polar surface area (TPSA) is 85.6 Å². The van der Waals surface area contributed by atoms with Crippen LogP contribution in [0.2, 0.25) is 0 Å². The average Bonchev–Trinajstić information content (AvgIpc) is 3.33. The fourth-order valence-electron chi connectivity index (χ4n) is 5.08. The molecule has 0 bridgehead atoms. The van der Waals surface area contributed by atoms with Crippen LogP contribution in [0.1, 0.15) is 61.5 Å². The van der Waals surface area contributed by atoms with Crippen molar-refractivity contribution >= 4 is 34.1 Å². The molecule has 0 fully saturated rings. The lowest BCUT2D eigenvalue weighted by atomic mass is 9.73. The first-order valence-electron chi connectivity index (χ1n) is 11.7. The van der Waals surface area contributed by atoms with Crippen molar-refractivity contribution < 1.29 is 18.7 Å². The van der Waals surface area contributed by atoms with Crippen molar-refractivity contribution in [2.75, 3.05) is 0 Å². The zero-order chi connectivity index (χ0) is 24.9. The van der Waals surface area contributed by atoms with Crippen LogP contribution in [0, 0.1) is 6.92 Å². The summed E-state index contributed by atoms with van der Waals surface area (Å²) < 4.78 is 11.4. The van der Waals surface area contributed by atoms with Crippen molar-refractivity contribution in [3.63, 3.8) is 0 Å². The van der Waals surface area contributed by atoms with Crippen molar-refractivity contribution in [1.29, 1.82) is 0 Å². The number of nitrogens with one attached hydrogen (secondary N) is 1. The number of carbonyl (C=O) groups excluding carboxylic acids is 2. The lowest BCUT2D eigenvalue weighted by Gasteiger charge is -2.36. The smallest absolute Gasteiger partial charge is 0.337 e. The molecule has 2 atom stereocenters. The number of ketones is 1. The Hall–Kier alpha value is -3.45. The average molecular weight is 490 g/mol. The Labute approximate surface area is 207 Å². The van der Waals surface area contributed by atoms with Gasteiger partial charge in [0.1, 0.15) is 5.58 Å². The van der Waals surface area contributed by atoms with E-state index in [2.05, 4.69) is 5.32 Å². The number of fused-ring (bicyclic) bond motifs is 1. The van der Waals surface area contributed by atoms with Crippen molar-refractivity contribution in [2.24, 2.45) is 0 Å². The maximum absolute atomic E-state index is 13.7. The highest BCUT2D eigenvalue weighted by Gasteiger charge is 2.43. The van der Waals surface area contributed by atoms with Crippen LogP contribution >= 0.6 is 11.3 Å². The zero-order valence-corrected chi connectivity index (χ0v) is 21.0. The lowest BCUT2D eigenvalue weighted by Crippen LogP contribution is -2.37. The number of allylic oxidation sites excluding steroid dienone is 3. The minimum atomic E-state index is -0.851. The summed E-state index contributed by atoms with van der Waals surface area (Å²) in [5.41, 5.74) is 3.49. The molecule has 0 saturated carbocycles. The van der Waals surface area contributed by atoms with Gasteiger partial charge in [-0.3, -0.25) is 9.59 Å². The number of hydrogen-bond acceptors (Lipinski definition) is 7. The number of carbonyl (C=O) groups is 2. The SMILES string of the molecule is CC1=C(C(=O)OC(C)C)[C@H](c2coc3ccc(C)cc3c2=O)C2=C(C[C@H](c3cccs3)CC2=O)N1. The molecule has 7 heteroatoms. The van der Waals surface area contributed by atoms with Crippen LogP contribution in [0.15, 0.2) is 73.7 Å². The summed E-state index contributed by atoms with van der Waals surface area (Å²) in [4.78, 5) is 41.8. The minimum absolute atomic E-state index is 0.0574. The van der Waals surface area contributed by atoms with E-state index in [-0.39, 0.29) is 34.4 Å². The number of benzene rings is 1. The minimum Gasteiger partial charge on any atom is -0.464 e. The fourth-order valence-corrected chi connectivity index (χ4v) is 5.91. The van der Waals surface area contributed by atoms with E-state index in [1.54, 1.807) is 44.2 Å². The molecule has 1 aliphatic heterocycles. The molecule has 0 radical (unpaired) electrons. The van der Waals surface area contributed by atoms with Gasteiger partial charge in [-0.25, -0.2) is 4.79 Å². The molecule has 6 nitrogen and oxygen atoms in total. The number of rotatable bonds is 4. The molecule has 35 heavy (non-hydrogen) atoms. The maximum Gasteiger partial charge on any atom is 0.337 e. The van der Waals surface area contributed by atoms with Gasteiger partial charge in [0.25, 0.3) is 0 Å². The highest BCUT2D eigenvalue weighted by molar-refractivity contribution is 7.10. The van der Waals surface area contributed by atoms with Gasteiger partial charge in [-0.15, -0.1) is 11.3 Å². The van der Waals surface area contributed by atoms with Crippen LogP contribution in [0.3, 0.4) is 0 Å². The van der Waals surface area contributed by atoms with E-state index in [1.165, 1.54) is 6.26 Å². The Kier molecular flexibility index (Phi) is 5.97. The molecule has 3 aromatic rings. The van der Waals surface area contributed by atoms with Gasteiger partial charge in [0.15, 0.2) is 11.2 Å². The van der Waals surface area contributed by atoms with Gasteiger partial charge >= 0.3 is 5.97 Å². The maximum atomic E-state index is 13.7. The highest BCUT2D eigenvalue weighted by Crippen LogP contribution is 2.46. The molecule has 0 spiro atoms. The molecular formula is C28H27NO5S. The molecule has 1 N–H and O–H groups in total. The monoisotopic (exact) mass is 489 g/mol. The molecular weight excluding hydrogens is 462 g/mol. The molecule has 2 aliphatic rings. The first kappa shape index (κ1) is 23.3. The van der Waals surface area contributed by atoms with Crippen LogP contribution in [0.4, 0.5) is 0 Å². The molecule has 0 saturated heterocycles. The molecule has 1 aromatic carbocycles. The third-order valence-electron chi connectivity index (χ3n) is 6.60. The second-order valence-electron chi connectivity index (χ2n) is 9.51. The molecule has 2 aromatic heterocycles. The Bertz CT molecular complexity index is 1460. The lowest BCUT2D eigenvalue weighted by molar-refractivity contribution is -0.143. The van der Waals surface area contributed by atoms with Crippen molar-refractivity contribution in [3.8, 4) is 0 Å². The van der Waals surface area contributed by atoms with Gasteiger partial charge in [0.05, 0.1) is 29.2 Å². The van der Waals surface area contributed by atoms with E-state index in [4.69, 9.17) is 9.15 Å². The summed E-state index contributed by atoms with van der Waals surface area (Å²) in [5, 5.41) is 5.76. The van der Waals surface area contributed by atoms with Crippen LogP contribution in [0.5, 0.6) is 0 Å². The normalized spacial score (nSPS) is 20.3. The van der Waals surface area contributed by atoms with Crippen LogP contribution in [0.25, 0.3) is 11.0 Å². The molecule has 5 rings (SSSR count). The summed E-state index contributed by atoms with van der Waals surface area (Å²) in [6, 6.07) is 9.44. The van der Waals surface area contributed by atoms with E-state index < -0.39 is 11.9 Å². The number of dihydropyridines is 1. The first-order valence-corrected chi connectivity index (χ1v) is 12.6. The van der Waals surface area contributed by atoms with E-state index >= 15 is 0 Å². The predicted octanol–water partition coefficient (Wildman–Crippen LogP) is 5.48. The van der Waals surface area contributed by atoms with E-state index in [0.717, 1.165) is 16.1 Å². The Morgan fingerprint density at radius 1 is 1.17 bits per heavy atom.